The number of benzene rings is 1. The van der Waals surface area contributed by atoms with Gasteiger partial charge in [0, 0.05) is 23.0 Å². The molecule has 0 spiro atoms. The molecule has 0 bridgehead atoms. The molecule has 1 aliphatic rings. The molecule has 0 aliphatic carbocycles. The second-order valence-corrected chi connectivity index (χ2v) is 6.59. The predicted molar refractivity (Wildman–Crippen MR) is 87.8 cm³/mol. The highest BCUT2D eigenvalue weighted by atomic mass is 79.9. The molecule has 2 N–H and O–H groups in total. The summed E-state index contributed by atoms with van der Waals surface area (Å²) in [7, 11) is 1.43. The van der Waals surface area contributed by atoms with Crippen LogP contribution in [0.3, 0.4) is 0 Å². The van der Waals surface area contributed by atoms with Crippen LogP contribution in [0, 0.1) is 12.8 Å². The topological polar surface area (TPSA) is 59.8 Å². The SMILES string of the molecule is COC(=O)C1CC[NH+](CC(=O)Nc2ccc(Br)c(C)c2)CC1. The molecule has 1 amide bonds. The van der Waals surface area contributed by atoms with Gasteiger partial charge in [-0.3, -0.25) is 9.59 Å². The predicted octanol–water partition coefficient (Wildman–Crippen LogP) is 1.16. The third kappa shape index (κ3) is 4.55. The fraction of sp³-hybridized carbons (Fsp3) is 0.500. The van der Waals surface area contributed by atoms with Crippen LogP contribution in [0.2, 0.25) is 0 Å². The summed E-state index contributed by atoms with van der Waals surface area (Å²) in [5.74, 6) is -0.131. The van der Waals surface area contributed by atoms with Crippen LogP contribution in [0.25, 0.3) is 0 Å². The van der Waals surface area contributed by atoms with E-state index < -0.39 is 0 Å². The van der Waals surface area contributed by atoms with Gasteiger partial charge in [-0.2, -0.15) is 0 Å². The molecule has 1 fully saturated rings. The molecular formula is C16H22BrN2O3+. The van der Waals surface area contributed by atoms with E-state index in [1.807, 2.05) is 25.1 Å². The van der Waals surface area contributed by atoms with Gasteiger partial charge in [0.25, 0.3) is 5.91 Å². The molecule has 1 aromatic carbocycles. The highest BCUT2D eigenvalue weighted by molar-refractivity contribution is 9.10. The number of anilines is 1. The highest BCUT2D eigenvalue weighted by Crippen LogP contribution is 2.19. The summed E-state index contributed by atoms with van der Waals surface area (Å²) in [5, 5.41) is 2.93. The zero-order valence-electron chi connectivity index (χ0n) is 12.9. The largest absolute Gasteiger partial charge is 0.469 e. The van der Waals surface area contributed by atoms with Gasteiger partial charge in [-0.15, -0.1) is 0 Å². The van der Waals surface area contributed by atoms with E-state index in [0.29, 0.717) is 6.54 Å². The second kappa shape index (κ2) is 7.74. The van der Waals surface area contributed by atoms with Crippen molar-refractivity contribution in [2.45, 2.75) is 19.8 Å². The van der Waals surface area contributed by atoms with Crippen molar-refractivity contribution in [3.63, 3.8) is 0 Å². The molecule has 1 saturated heterocycles. The number of piperidine rings is 1. The van der Waals surface area contributed by atoms with Gasteiger partial charge in [0.1, 0.15) is 0 Å². The lowest BCUT2D eigenvalue weighted by Gasteiger charge is -2.27. The van der Waals surface area contributed by atoms with E-state index in [2.05, 4.69) is 21.2 Å². The number of carbonyl (C=O) groups excluding carboxylic acids is 2. The smallest absolute Gasteiger partial charge is 0.309 e. The van der Waals surface area contributed by atoms with Crippen LogP contribution < -0.4 is 10.2 Å². The Kier molecular flexibility index (Phi) is 5.97. The Morgan fingerprint density at radius 3 is 2.64 bits per heavy atom. The standard InChI is InChI=1S/C16H21BrN2O3/c1-11-9-13(3-4-14(11)17)18-15(20)10-19-7-5-12(6-8-19)16(21)22-2/h3-4,9,12H,5-8,10H2,1-2H3,(H,18,20)/p+1. The number of carbonyl (C=O) groups is 2. The maximum Gasteiger partial charge on any atom is 0.309 e. The number of hydrogen-bond acceptors (Lipinski definition) is 3. The average Bonchev–Trinajstić information content (AvgIpc) is 2.51. The van der Waals surface area contributed by atoms with Crippen LogP contribution in [0.4, 0.5) is 5.69 Å². The molecule has 1 aliphatic heterocycles. The summed E-state index contributed by atoms with van der Waals surface area (Å²) in [6.07, 6.45) is 1.57. The first-order chi connectivity index (χ1) is 10.5. The molecule has 120 valence electrons. The summed E-state index contributed by atoms with van der Waals surface area (Å²) in [4.78, 5) is 24.8. The number of halogens is 1. The monoisotopic (exact) mass is 369 g/mol. The van der Waals surface area contributed by atoms with Crippen molar-refractivity contribution in [3.8, 4) is 0 Å². The van der Waals surface area contributed by atoms with E-state index in [-0.39, 0.29) is 17.8 Å². The number of rotatable bonds is 4. The Bertz CT molecular complexity index is 554. The van der Waals surface area contributed by atoms with Gasteiger partial charge >= 0.3 is 5.97 Å². The quantitative estimate of drug-likeness (QED) is 0.783. The number of ether oxygens (including phenoxy) is 1. The number of aryl methyl sites for hydroxylation is 1. The number of esters is 1. The van der Waals surface area contributed by atoms with Gasteiger partial charge in [0.2, 0.25) is 0 Å². The molecule has 0 unspecified atom stereocenters. The van der Waals surface area contributed by atoms with Crippen molar-refractivity contribution in [3.05, 3.63) is 28.2 Å². The molecule has 6 heteroatoms. The van der Waals surface area contributed by atoms with Crippen molar-refractivity contribution in [2.24, 2.45) is 5.92 Å². The third-order valence-corrected chi connectivity index (χ3v) is 4.97. The minimum atomic E-state index is -0.131. The Balaban J connectivity index is 1.80. The minimum Gasteiger partial charge on any atom is -0.469 e. The molecule has 0 aromatic heterocycles. The first-order valence-corrected chi connectivity index (χ1v) is 8.26. The number of hydrogen-bond donors (Lipinski definition) is 2. The molecule has 0 saturated carbocycles. The number of quaternary nitrogens is 1. The lowest BCUT2D eigenvalue weighted by Crippen LogP contribution is -3.14. The van der Waals surface area contributed by atoms with Gasteiger partial charge in [0.15, 0.2) is 6.54 Å². The van der Waals surface area contributed by atoms with E-state index in [1.54, 1.807) is 0 Å². The van der Waals surface area contributed by atoms with E-state index in [1.165, 1.54) is 12.0 Å². The summed E-state index contributed by atoms with van der Waals surface area (Å²) >= 11 is 3.44. The first kappa shape index (κ1) is 17.0. The fourth-order valence-corrected chi connectivity index (χ4v) is 3.01. The summed E-state index contributed by atoms with van der Waals surface area (Å²) in [5.41, 5.74) is 1.90. The van der Waals surface area contributed by atoms with Crippen LogP contribution >= 0.6 is 15.9 Å². The number of methoxy groups -OCH3 is 1. The van der Waals surface area contributed by atoms with Gasteiger partial charge < -0.3 is 15.0 Å². The van der Waals surface area contributed by atoms with Crippen LogP contribution in [0.1, 0.15) is 18.4 Å². The van der Waals surface area contributed by atoms with Crippen molar-refractivity contribution < 1.29 is 19.2 Å². The van der Waals surface area contributed by atoms with E-state index >= 15 is 0 Å². The number of likely N-dealkylation sites (tertiary alicyclic amines) is 1. The van der Waals surface area contributed by atoms with Gasteiger partial charge in [-0.05, 0) is 30.7 Å². The first-order valence-electron chi connectivity index (χ1n) is 7.47. The summed E-state index contributed by atoms with van der Waals surface area (Å²) in [6, 6.07) is 5.76. The Morgan fingerprint density at radius 2 is 2.05 bits per heavy atom. The lowest BCUT2D eigenvalue weighted by atomic mass is 9.97. The second-order valence-electron chi connectivity index (χ2n) is 5.74. The van der Waals surface area contributed by atoms with E-state index in [4.69, 9.17) is 4.74 Å². The Labute approximate surface area is 139 Å². The molecule has 1 aromatic rings. The molecule has 22 heavy (non-hydrogen) atoms. The fourth-order valence-electron chi connectivity index (χ4n) is 2.76. The molecule has 1 heterocycles. The molecular weight excluding hydrogens is 348 g/mol. The third-order valence-electron chi connectivity index (χ3n) is 4.08. The maximum absolute atomic E-state index is 12.1. The zero-order chi connectivity index (χ0) is 16.1. The maximum atomic E-state index is 12.1. The lowest BCUT2D eigenvalue weighted by molar-refractivity contribution is -0.897. The average molecular weight is 370 g/mol. The Morgan fingerprint density at radius 1 is 1.36 bits per heavy atom. The van der Waals surface area contributed by atoms with Gasteiger partial charge in [-0.1, -0.05) is 15.9 Å². The van der Waals surface area contributed by atoms with Crippen LogP contribution in [0.5, 0.6) is 0 Å². The van der Waals surface area contributed by atoms with Crippen LogP contribution in [0.15, 0.2) is 22.7 Å². The Hall–Kier alpha value is -1.40. The number of nitrogens with one attached hydrogen (secondary N) is 2. The summed E-state index contributed by atoms with van der Waals surface area (Å²) in [6.45, 7) is 4.07. The van der Waals surface area contributed by atoms with Crippen LogP contribution in [-0.2, 0) is 14.3 Å². The summed E-state index contributed by atoms with van der Waals surface area (Å²) < 4.78 is 5.80. The van der Waals surface area contributed by atoms with Gasteiger partial charge in [-0.25, -0.2) is 0 Å². The van der Waals surface area contributed by atoms with Crippen molar-refractivity contribution in [1.82, 2.24) is 0 Å². The van der Waals surface area contributed by atoms with E-state index in [9.17, 15) is 9.59 Å². The van der Waals surface area contributed by atoms with Crippen molar-refractivity contribution in [1.29, 1.82) is 0 Å². The molecule has 5 nitrogen and oxygen atoms in total. The highest BCUT2D eigenvalue weighted by Gasteiger charge is 2.28. The molecule has 0 atom stereocenters. The minimum absolute atomic E-state index is 0.00763. The van der Waals surface area contributed by atoms with Crippen LogP contribution in [-0.4, -0.2) is 38.6 Å². The normalized spacial score (nSPS) is 21.2. The zero-order valence-corrected chi connectivity index (χ0v) is 14.5. The van der Waals surface area contributed by atoms with E-state index in [0.717, 1.165) is 41.7 Å². The van der Waals surface area contributed by atoms with Crippen molar-refractivity contribution in [2.75, 3.05) is 32.1 Å². The van der Waals surface area contributed by atoms with Crippen molar-refractivity contribution >= 4 is 33.5 Å². The van der Waals surface area contributed by atoms with Gasteiger partial charge in [0.05, 0.1) is 26.1 Å². The number of amides is 1. The molecule has 0 radical (unpaired) electrons. The molecule has 2 rings (SSSR count).